The molecule has 7 heteroatoms. The minimum atomic E-state index is -1.05. The highest BCUT2D eigenvalue weighted by Crippen LogP contribution is 2.14. The number of amides is 1. The normalized spacial score (nSPS) is 10.9. The van der Waals surface area contributed by atoms with Crippen molar-refractivity contribution in [1.29, 1.82) is 5.26 Å². The minimum absolute atomic E-state index is 0.0927. The Morgan fingerprint density at radius 2 is 1.81 bits per heavy atom. The lowest BCUT2D eigenvalue weighted by Gasteiger charge is -2.04. The molecular formula is C20H14N4O3. The molecule has 0 saturated carbocycles. The molecule has 1 amide bonds. The first-order valence-corrected chi connectivity index (χ1v) is 7.93. The molecule has 0 aliphatic carbocycles. The van der Waals surface area contributed by atoms with Crippen molar-refractivity contribution in [2.24, 2.45) is 0 Å². The fourth-order valence-corrected chi connectivity index (χ4v) is 2.34. The summed E-state index contributed by atoms with van der Waals surface area (Å²) in [6.07, 6.45) is 4.70. The van der Waals surface area contributed by atoms with Crippen LogP contribution in [-0.2, 0) is 4.79 Å². The molecule has 0 fully saturated rings. The summed E-state index contributed by atoms with van der Waals surface area (Å²) in [4.78, 5) is 23.1. The third-order valence-corrected chi connectivity index (χ3v) is 3.69. The number of hydrogen-bond acceptors (Lipinski definition) is 4. The number of aromatic nitrogens is 2. The molecule has 7 nitrogen and oxygen atoms in total. The maximum absolute atomic E-state index is 12.3. The highest BCUT2D eigenvalue weighted by Gasteiger charge is 2.11. The summed E-state index contributed by atoms with van der Waals surface area (Å²) < 4.78 is 1.64. The topological polar surface area (TPSA) is 108 Å². The number of benzene rings is 2. The molecule has 1 heterocycles. The molecule has 132 valence electrons. The van der Waals surface area contributed by atoms with Crippen molar-refractivity contribution >= 4 is 23.6 Å². The van der Waals surface area contributed by atoms with Crippen LogP contribution in [0.25, 0.3) is 11.8 Å². The first-order chi connectivity index (χ1) is 13.1. The maximum Gasteiger partial charge on any atom is 0.335 e. The van der Waals surface area contributed by atoms with Gasteiger partial charge in [-0.2, -0.15) is 10.4 Å². The van der Waals surface area contributed by atoms with Crippen LogP contribution in [0, 0.1) is 11.3 Å². The van der Waals surface area contributed by atoms with E-state index in [1.807, 2.05) is 36.4 Å². The lowest BCUT2D eigenvalue weighted by Crippen LogP contribution is -2.13. The number of nitrogens with one attached hydrogen (secondary N) is 1. The first-order valence-electron chi connectivity index (χ1n) is 7.93. The number of aromatic carboxylic acids is 1. The maximum atomic E-state index is 12.3. The molecular weight excluding hydrogens is 344 g/mol. The van der Waals surface area contributed by atoms with Gasteiger partial charge in [-0.05, 0) is 42.5 Å². The summed E-state index contributed by atoms with van der Waals surface area (Å²) in [6, 6.07) is 17.0. The Morgan fingerprint density at radius 3 is 2.44 bits per heavy atom. The van der Waals surface area contributed by atoms with Gasteiger partial charge in [-0.15, -0.1) is 0 Å². The van der Waals surface area contributed by atoms with Crippen molar-refractivity contribution in [3.8, 4) is 11.8 Å². The Kier molecular flexibility index (Phi) is 5.10. The van der Waals surface area contributed by atoms with Gasteiger partial charge in [0.1, 0.15) is 11.6 Å². The predicted molar refractivity (Wildman–Crippen MR) is 99.2 cm³/mol. The van der Waals surface area contributed by atoms with Crippen LogP contribution in [0.3, 0.4) is 0 Å². The van der Waals surface area contributed by atoms with E-state index >= 15 is 0 Å². The van der Waals surface area contributed by atoms with E-state index in [9.17, 15) is 14.9 Å². The van der Waals surface area contributed by atoms with Crippen molar-refractivity contribution in [2.45, 2.75) is 0 Å². The van der Waals surface area contributed by atoms with Crippen LogP contribution in [0.15, 0.2) is 72.6 Å². The second-order valence-corrected chi connectivity index (χ2v) is 5.56. The van der Waals surface area contributed by atoms with E-state index in [-0.39, 0.29) is 11.1 Å². The molecule has 0 unspecified atom stereocenters. The fraction of sp³-hybridized carbons (Fsp3) is 0. The zero-order chi connectivity index (χ0) is 19.2. The summed E-state index contributed by atoms with van der Waals surface area (Å²) in [5, 5.41) is 25.0. The molecule has 1 aromatic heterocycles. The molecule has 0 aliphatic heterocycles. The smallest absolute Gasteiger partial charge is 0.335 e. The molecule has 2 N–H and O–H groups in total. The van der Waals surface area contributed by atoms with Crippen LogP contribution >= 0.6 is 0 Å². The van der Waals surface area contributed by atoms with Crippen LogP contribution in [0.5, 0.6) is 0 Å². The number of carbonyl (C=O) groups excluding carboxylic acids is 1. The second-order valence-electron chi connectivity index (χ2n) is 5.56. The van der Waals surface area contributed by atoms with Crippen LogP contribution < -0.4 is 5.32 Å². The predicted octanol–water partition coefficient (Wildman–Crippen LogP) is 3.12. The summed E-state index contributed by atoms with van der Waals surface area (Å²) in [5.41, 5.74) is 1.87. The summed E-state index contributed by atoms with van der Waals surface area (Å²) in [6.45, 7) is 0. The number of nitriles is 1. The number of carboxylic acids is 1. The zero-order valence-electron chi connectivity index (χ0n) is 14.0. The van der Waals surface area contributed by atoms with Gasteiger partial charge in [0.25, 0.3) is 5.91 Å². The molecule has 0 atom stereocenters. The molecule has 0 radical (unpaired) electrons. The van der Waals surface area contributed by atoms with Crippen LogP contribution in [0.4, 0.5) is 5.69 Å². The molecule has 0 aliphatic rings. The Bertz CT molecular complexity index is 1040. The third kappa shape index (κ3) is 4.27. The third-order valence-electron chi connectivity index (χ3n) is 3.69. The number of hydrogen-bond donors (Lipinski definition) is 2. The van der Waals surface area contributed by atoms with Gasteiger partial charge in [-0.25, -0.2) is 9.48 Å². The Balaban J connectivity index is 1.76. The van der Waals surface area contributed by atoms with Crippen molar-refractivity contribution in [3.05, 3.63) is 83.7 Å². The van der Waals surface area contributed by atoms with Crippen LogP contribution in [0.2, 0.25) is 0 Å². The van der Waals surface area contributed by atoms with Gasteiger partial charge in [0.2, 0.25) is 0 Å². The molecule has 27 heavy (non-hydrogen) atoms. The number of para-hydroxylation sites is 1. The summed E-state index contributed by atoms with van der Waals surface area (Å²) in [7, 11) is 0. The van der Waals surface area contributed by atoms with Gasteiger partial charge < -0.3 is 10.4 Å². The number of nitrogens with zero attached hydrogens (tertiary/aromatic N) is 3. The Hall–Kier alpha value is -4.18. The fourth-order valence-electron chi connectivity index (χ4n) is 2.34. The van der Waals surface area contributed by atoms with E-state index in [0.29, 0.717) is 11.3 Å². The van der Waals surface area contributed by atoms with Gasteiger partial charge in [-0.1, -0.05) is 18.2 Å². The van der Waals surface area contributed by atoms with Gasteiger partial charge in [-0.3, -0.25) is 4.79 Å². The number of carboxylic acid groups (broad SMARTS) is 1. The molecule has 3 rings (SSSR count). The van der Waals surface area contributed by atoms with E-state index in [1.165, 1.54) is 30.3 Å². The van der Waals surface area contributed by atoms with E-state index in [4.69, 9.17) is 5.11 Å². The number of anilines is 1. The average Bonchev–Trinajstić information content (AvgIpc) is 3.16. The largest absolute Gasteiger partial charge is 0.478 e. The van der Waals surface area contributed by atoms with Crippen molar-refractivity contribution in [1.82, 2.24) is 9.78 Å². The first kappa shape index (κ1) is 17.6. The van der Waals surface area contributed by atoms with Gasteiger partial charge >= 0.3 is 5.97 Å². The van der Waals surface area contributed by atoms with Crippen molar-refractivity contribution in [2.75, 3.05) is 5.32 Å². The number of carbonyl (C=O) groups is 2. The summed E-state index contributed by atoms with van der Waals surface area (Å²) >= 11 is 0. The van der Waals surface area contributed by atoms with Gasteiger partial charge in [0.05, 0.1) is 17.4 Å². The molecule has 2 aromatic carbocycles. The minimum Gasteiger partial charge on any atom is -0.478 e. The van der Waals surface area contributed by atoms with E-state index in [0.717, 1.165) is 5.69 Å². The van der Waals surface area contributed by atoms with Crippen molar-refractivity contribution in [3.63, 3.8) is 0 Å². The van der Waals surface area contributed by atoms with Gasteiger partial charge in [0, 0.05) is 17.4 Å². The SMILES string of the molecule is N#C/C(=C\c1cnn(-c2ccccc2)c1)C(=O)Nc1ccc(C(=O)O)cc1. The lowest BCUT2D eigenvalue weighted by molar-refractivity contribution is -0.112. The quantitative estimate of drug-likeness (QED) is 0.538. The summed E-state index contributed by atoms with van der Waals surface area (Å²) in [5.74, 6) is -1.64. The standard InChI is InChI=1S/C20H14N4O3/c21-11-16(19(25)23-17-8-6-15(7-9-17)20(26)27)10-14-12-22-24(13-14)18-4-2-1-3-5-18/h1-10,12-13H,(H,23,25)(H,26,27)/b16-10+. The van der Waals surface area contributed by atoms with Gasteiger partial charge in [0.15, 0.2) is 0 Å². The molecule has 0 saturated heterocycles. The Morgan fingerprint density at radius 1 is 1.11 bits per heavy atom. The lowest BCUT2D eigenvalue weighted by atomic mass is 10.1. The van der Waals surface area contributed by atoms with Crippen LogP contribution in [-0.4, -0.2) is 26.8 Å². The van der Waals surface area contributed by atoms with E-state index in [2.05, 4.69) is 10.4 Å². The average molecular weight is 358 g/mol. The highest BCUT2D eigenvalue weighted by atomic mass is 16.4. The molecule has 0 bridgehead atoms. The highest BCUT2D eigenvalue weighted by molar-refractivity contribution is 6.09. The van der Waals surface area contributed by atoms with Crippen molar-refractivity contribution < 1.29 is 14.7 Å². The second kappa shape index (κ2) is 7.80. The monoisotopic (exact) mass is 358 g/mol. The molecule has 0 spiro atoms. The zero-order valence-corrected chi connectivity index (χ0v) is 14.0. The van der Waals surface area contributed by atoms with E-state index in [1.54, 1.807) is 17.1 Å². The Labute approximate surface area is 154 Å². The molecule has 3 aromatic rings. The van der Waals surface area contributed by atoms with E-state index < -0.39 is 11.9 Å². The number of rotatable bonds is 5. The van der Waals surface area contributed by atoms with Crippen LogP contribution in [0.1, 0.15) is 15.9 Å².